The number of carbonyl (C=O) groups excluding carboxylic acids is 3. The molecule has 1 aliphatic rings. The van der Waals surface area contributed by atoms with E-state index >= 15 is 0 Å². The van der Waals surface area contributed by atoms with Crippen molar-refractivity contribution in [3.8, 4) is 11.1 Å². The van der Waals surface area contributed by atoms with E-state index < -0.39 is 35.3 Å². The summed E-state index contributed by atoms with van der Waals surface area (Å²) in [6.45, 7) is 3.70. The van der Waals surface area contributed by atoms with Crippen LogP contribution in [-0.2, 0) is 23.9 Å². The number of rotatable bonds is 7. The Morgan fingerprint density at radius 3 is 2.35 bits per heavy atom. The van der Waals surface area contributed by atoms with E-state index in [1.54, 1.807) is 26.0 Å². The Labute approximate surface area is 248 Å². The molecule has 1 heterocycles. The van der Waals surface area contributed by atoms with E-state index in [4.69, 9.17) is 5.73 Å². The lowest BCUT2D eigenvalue weighted by molar-refractivity contribution is -0.137. The van der Waals surface area contributed by atoms with Crippen LogP contribution in [0.1, 0.15) is 37.0 Å². The molecule has 0 spiro atoms. The zero-order valence-electron chi connectivity index (χ0n) is 24.1. The SMILES string of the molecule is CNC(=O)Nc1ccccc1-c1ccc(CN2C(=O)[C@H](NC(=O)NCC(C)(C)N)CCc3cc(C(F)(F)F)ccc32)cc1. The highest BCUT2D eigenvalue weighted by atomic mass is 19.4. The first-order chi connectivity index (χ1) is 20.2. The summed E-state index contributed by atoms with van der Waals surface area (Å²) in [5, 5.41) is 10.6. The molecule has 6 N–H and O–H groups in total. The Balaban J connectivity index is 1.62. The van der Waals surface area contributed by atoms with Gasteiger partial charge in [0.1, 0.15) is 6.04 Å². The number of halogens is 3. The number of para-hydroxylation sites is 1. The van der Waals surface area contributed by atoms with Crippen LogP contribution in [-0.4, -0.2) is 43.1 Å². The third-order valence-corrected chi connectivity index (χ3v) is 6.98. The van der Waals surface area contributed by atoms with E-state index in [0.29, 0.717) is 16.9 Å². The molecular formula is C31H35F3N6O3. The summed E-state index contributed by atoms with van der Waals surface area (Å²) in [7, 11) is 1.52. The van der Waals surface area contributed by atoms with Crippen molar-refractivity contribution in [1.82, 2.24) is 16.0 Å². The van der Waals surface area contributed by atoms with Crippen molar-refractivity contribution in [1.29, 1.82) is 0 Å². The van der Waals surface area contributed by atoms with Gasteiger partial charge >= 0.3 is 18.2 Å². The van der Waals surface area contributed by atoms with E-state index in [0.717, 1.165) is 28.8 Å². The van der Waals surface area contributed by atoms with Crippen LogP contribution in [0.5, 0.6) is 0 Å². The highest BCUT2D eigenvalue weighted by molar-refractivity contribution is 6.00. The zero-order valence-corrected chi connectivity index (χ0v) is 24.1. The summed E-state index contributed by atoms with van der Waals surface area (Å²) in [5.41, 5.74) is 8.10. The van der Waals surface area contributed by atoms with Gasteiger partial charge in [-0.15, -0.1) is 0 Å². The van der Waals surface area contributed by atoms with Gasteiger partial charge in [-0.2, -0.15) is 13.2 Å². The van der Waals surface area contributed by atoms with Crippen LogP contribution >= 0.6 is 0 Å². The highest BCUT2D eigenvalue weighted by Gasteiger charge is 2.35. The van der Waals surface area contributed by atoms with E-state index in [1.165, 1.54) is 18.0 Å². The first-order valence-electron chi connectivity index (χ1n) is 13.8. The van der Waals surface area contributed by atoms with Crippen molar-refractivity contribution < 1.29 is 27.6 Å². The Kier molecular flexibility index (Phi) is 9.29. The van der Waals surface area contributed by atoms with Gasteiger partial charge < -0.3 is 31.9 Å². The molecular weight excluding hydrogens is 561 g/mol. The maximum atomic E-state index is 13.8. The molecule has 0 fully saturated rings. The minimum Gasteiger partial charge on any atom is -0.341 e. The fourth-order valence-corrected chi connectivity index (χ4v) is 4.77. The van der Waals surface area contributed by atoms with Gasteiger partial charge in [-0.1, -0.05) is 42.5 Å². The Morgan fingerprint density at radius 1 is 1.00 bits per heavy atom. The number of urea groups is 2. The number of amides is 5. The number of benzene rings is 3. The lowest BCUT2D eigenvalue weighted by Gasteiger charge is -2.27. The maximum absolute atomic E-state index is 13.8. The summed E-state index contributed by atoms with van der Waals surface area (Å²) in [4.78, 5) is 39.7. The molecule has 0 radical (unpaired) electrons. The first-order valence-corrected chi connectivity index (χ1v) is 13.8. The van der Waals surface area contributed by atoms with Gasteiger partial charge in [-0.25, -0.2) is 9.59 Å². The smallest absolute Gasteiger partial charge is 0.341 e. The van der Waals surface area contributed by atoms with Crippen LogP contribution in [0.2, 0.25) is 0 Å². The van der Waals surface area contributed by atoms with Crippen LogP contribution in [0.3, 0.4) is 0 Å². The standard InChI is InChI=1S/C31H35F3N6O3/c1-30(2,35)18-37-29(43)39-25-14-12-21-16-22(31(32,33)34)13-15-26(21)40(27(25)41)17-19-8-10-20(11-9-19)23-6-4-5-7-24(23)38-28(42)36-3/h4-11,13,15-16,25H,12,14,17-18,35H2,1-3H3,(H2,36,38,42)(H2,37,39,43)/t25-/m1/s1. The number of hydrogen-bond acceptors (Lipinski definition) is 4. The molecule has 228 valence electrons. The monoisotopic (exact) mass is 596 g/mol. The molecule has 1 aliphatic heterocycles. The Hall–Kier alpha value is -4.58. The predicted octanol–water partition coefficient (Wildman–Crippen LogP) is 5.01. The van der Waals surface area contributed by atoms with E-state index in [1.807, 2.05) is 36.4 Å². The number of anilines is 2. The molecule has 9 nitrogen and oxygen atoms in total. The predicted molar refractivity (Wildman–Crippen MR) is 160 cm³/mol. The molecule has 0 saturated heterocycles. The van der Waals surface area contributed by atoms with Gasteiger partial charge in [0.05, 0.1) is 17.8 Å². The molecule has 0 aliphatic carbocycles. The minimum atomic E-state index is -4.54. The van der Waals surface area contributed by atoms with Crippen LogP contribution in [0.4, 0.5) is 34.1 Å². The Morgan fingerprint density at radius 2 is 1.70 bits per heavy atom. The van der Waals surface area contributed by atoms with Crippen LogP contribution in [0.15, 0.2) is 66.7 Å². The molecule has 12 heteroatoms. The summed E-state index contributed by atoms with van der Waals surface area (Å²) in [6, 6.07) is 16.0. The highest BCUT2D eigenvalue weighted by Crippen LogP contribution is 2.36. The number of hydrogen-bond donors (Lipinski definition) is 5. The van der Waals surface area contributed by atoms with Crippen molar-refractivity contribution in [3.05, 3.63) is 83.4 Å². The molecule has 4 rings (SSSR count). The van der Waals surface area contributed by atoms with E-state index in [-0.39, 0.29) is 32.0 Å². The fraction of sp³-hybridized carbons (Fsp3) is 0.323. The second-order valence-corrected chi connectivity index (χ2v) is 11.1. The van der Waals surface area contributed by atoms with Gasteiger partial charge in [0.2, 0.25) is 5.91 Å². The molecule has 3 aromatic carbocycles. The molecule has 0 saturated carbocycles. The van der Waals surface area contributed by atoms with Crippen molar-refractivity contribution in [3.63, 3.8) is 0 Å². The number of nitrogens with two attached hydrogens (primary N) is 1. The van der Waals surface area contributed by atoms with Crippen molar-refractivity contribution in [2.75, 3.05) is 23.8 Å². The molecule has 0 aromatic heterocycles. The number of aryl methyl sites for hydroxylation is 1. The summed E-state index contributed by atoms with van der Waals surface area (Å²) in [5.74, 6) is -0.440. The minimum absolute atomic E-state index is 0.0608. The maximum Gasteiger partial charge on any atom is 0.416 e. The van der Waals surface area contributed by atoms with E-state index in [9.17, 15) is 27.6 Å². The van der Waals surface area contributed by atoms with Gasteiger partial charge in [-0.3, -0.25) is 4.79 Å². The van der Waals surface area contributed by atoms with Crippen molar-refractivity contribution in [2.24, 2.45) is 5.73 Å². The van der Waals surface area contributed by atoms with Gasteiger partial charge in [0.15, 0.2) is 0 Å². The second kappa shape index (κ2) is 12.7. The van der Waals surface area contributed by atoms with Crippen LogP contribution < -0.4 is 31.9 Å². The van der Waals surface area contributed by atoms with Gasteiger partial charge in [-0.05, 0) is 67.6 Å². The number of fused-ring (bicyclic) bond motifs is 1. The summed E-state index contributed by atoms with van der Waals surface area (Å²) in [6.07, 6.45) is -4.26. The normalized spacial score (nSPS) is 15.3. The largest absolute Gasteiger partial charge is 0.416 e. The summed E-state index contributed by atoms with van der Waals surface area (Å²) >= 11 is 0. The van der Waals surface area contributed by atoms with Crippen molar-refractivity contribution in [2.45, 2.75) is 51.0 Å². The number of nitrogens with zero attached hydrogens (tertiary/aromatic N) is 1. The zero-order chi connectivity index (χ0) is 31.4. The molecule has 5 amide bonds. The van der Waals surface area contributed by atoms with Gasteiger partial charge in [0, 0.05) is 30.4 Å². The lowest BCUT2D eigenvalue weighted by atomic mass is 10.0. The van der Waals surface area contributed by atoms with Crippen LogP contribution in [0.25, 0.3) is 11.1 Å². The quantitative estimate of drug-likeness (QED) is 0.263. The third kappa shape index (κ3) is 8.04. The first kappa shape index (κ1) is 31.4. The fourth-order valence-electron chi connectivity index (χ4n) is 4.77. The number of nitrogens with one attached hydrogen (secondary N) is 4. The molecule has 1 atom stereocenters. The molecule has 43 heavy (non-hydrogen) atoms. The molecule has 3 aromatic rings. The van der Waals surface area contributed by atoms with Crippen molar-refractivity contribution >= 4 is 29.3 Å². The average Bonchev–Trinajstić information content (AvgIpc) is 3.08. The lowest BCUT2D eigenvalue weighted by Crippen LogP contribution is -2.53. The number of alkyl halides is 3. The molecule has 0 unspecified atom stereocenters. The van der Waals surface area contributed by atoms with Crippen LogP contribution in [0, 0.1) is 0 Å². The topological polar surface area (TPSA) is 129 Å². The second-order valence-electron chi connectivity index (χ2n) is 11.1. The Bertz CT molecular complexity index is 1490. The van der Waals surface area contributed by atoms with Gasteiger partial charge in [0.25, 0.3) is 0 Å². The third-order valence-electron chi connectivity index (χ3n) is 6.98. The van der Waals surface area contributed by atoms with E-state index in [2.05, 4.69) is 21.3 Å². The summed E-state index contributed by atoms with van der Waals surface area (Å²) < 4.78 is 40.6. The number of carbonyl (C=O) groups is 3. The average molecular weight is 597 g/mol. The molecule has 0 bridgehead atoms.